The zero-order chi connectivity index (χ0) is 10.5. The summed E-state index contributed by atoms with van der Waals surface area (Å²) in [6, 6.07) is 0.477. The van der Waals surface area contributed by atoms with Gasteiger partial charge in [-0.2, -0.15) is 0 Å². The first-order chi connectivity index (χ1) is 7.34. The first kappa shape index (κ1) is 10.8. The summed E-state index contributed by atoms with van der Waals surface area (Å²) >= 11 is 3.29. The lowest BCUT2D eigenvalue weighted by molar-refractivity contribution is 0.171. The monoisotopic (exact) mass is 271 g/mol. The molecule has 1 aromatic rings. The highest BCUT2D eigenvalue weighted by Crippen LogP contribution is 2.14. The minimum atomic E-state index is 0.251. The highest BCUT2D eigenvalue weighted by atomic mass is 79.9. The SMILES string of the molecule is Brc1cnc(OC2CCCNCC2)nc1. The predicted molar refractivity (Wildman–Crippen MR) is 60.9 cm³/mol. The summed E-state index contributed by atoms with van der Waals surface area (Å²) in [6.07, 6.45) is 6.92. The summed E-state index contributed by atoms with van der Waals surface area (Å²) in [4.78, 5) is 8.20. The molecular formula is C10H14BrN3O. The summed E-state index contributed by atoms with van der Waals surface area (Å²) in [6.45, 7) is 2.10. The molecule has 0 spiro atoms. The lowest BCUT2D eigenvalue weighted by Gasteiger charge is -2.14. The van der Waals surface area contributed by atoms with Crippen molar-refractivity contribution in [2.24, 2.45) is 0 Å². The van der Waals surface area contributed by atoms with Crippen molar-refractivity contribution in [3.63, 3.8) is 0 Å². The van der Waals surface area contributed by atoms with E-state index in [0.29, 0.717) is 6.01 Å². The van der Waals surface area contributed by atoms with Crippen molar-refractivity contribution in [2.75, 3.05) is 13.1 Å². The third-order valence-corrected chi connectivity index (χ3v) is 2.80. The summed E-state index contributed by atoms with van der Waals surface area (Å²) in [5, 5.41) is 3.34. The zero-order valence-electron chi connectivity index (χ0n) is 8.45. The predicted octanol–water partition coefficient (Wildman–Crippen LogP) is 1.76. The summed E-state index contributed by atoms with van der Waals surface area (Å²) in [5.74, 6) is 0. The molecule has 2 rings (SSSR count). The molecule has 4 nitrogen and oxygen atoms in total. The van der Waals surface area contributed by atoms with Crippen LogP contribution in [0.3, 0.4) is 0 Å². The largest absolute Gasteiger partial charge is 0.460 e. The van der Waals surface area contributed by atoms with Gasteiger partial charge in [0.1, 0.15) is 6.10 Å². The van der Waals surface area contributed by atoms with Gasteiger partial charge in [0, 0.05) is 12.4 Å². The molecule has 1 unspecified atom stereocenters. The van der Waals surface area contributed by atoms with Crippen molar-refractivity contribution in [3.8, 4) is 6.01 Å². The molecule has 1 aromatic heterocycles. The third-order valence-electron chi connectivity index (χ3n) is 2.39. The van der Waals surface area contributed by atoms with Crippen LogP contribution in [0.2, 0.25) is 0 Å². The number of halogens is 1. The van der Waals surface area contributed by atoms with E-state index in [1.165, 1.54) is 0 Å². The first-order valence-corrected chi connectivity index (χ1v) is 5.99. The van der Waals surface area contributed by atoms with E-state index in [4.69, 9.17) is 4.74 Å². The fourth-order valence-electron chi connectivity index (χ4n) is 1.62. The number of ether oxygens (including phenoxy) is 1. The maximum atomic E-state index is 5.71. The Bertz CT molecular complexity index is 296. The highest BCUT2D eigenvalue weighted by Gasteiger charge is 2.14. The highest BCUT2D eigenvalue weighted by molar-refractivity contribution is 9.10. The molecule has 0 amide bonds. The van der Waals surface area contributed by atoms with Gasteiger partial charge < -0.3 is 10.1 Å². The molecular weight excluding hydrogens is 258 g/mol. The number of hydrogen-bond donors (Lipinski definition) is 1. The molecule has 0 aliphatic carbocycles. The van der Waals surface area contributed by atoms with Gasteiger partial charge in [-0.1, -0.05) is 0 Å². The smallest absolute Gasteiger partial charge is 0.316 e. The third kappa shape index (κ3) is 3.43. The van der Waals surface area contributed by atoms with Gasteiger partial charge in [0.15, 0.2) is 0 Å². The van der Waals surface area contributed by atoms with Crippen LogP contribution in [0.5, 0.6) is 6.01 Å². The Morgan fingerprint density at radius 2 is 2.07 bits per heavy atom. The number of nitrogens with zero attached hydrogens (tertiary/aromatic N) is 2. The maximum Gasteiger partial charge on any atom is 0.316 e. The van der Waals surface area contributed by atoms with Gasteiger partial charge in [-0.25, -0.2) is 9.97 Å². The fourth-order valence-corrected chi connectivity index (χ4v) is 1.82. The average Bonchev–Trinajstić information content (AvgIpc) is 2.50. The molecule has 0 radical (unpaired) electrons. The van der Waals surface area contributed by atoms with Gasteiger partial charge in [0.05, 0.1) is 4.47 Å². The molecule has 15 heavy (non-hydrogen) atoms. The van der Waals surface area contributed by atoms with E-state index in [-0.39, 0.29) is 6.10 Å². The molecule has 1 saturated heterocycles. The Morgan fingerprint density at radius 1 is 1.27 bits per heavy atom. The molecule has 82 valence electrons. The van der Waals surface area contributed by atoms with Crippen molar-refractivity contribution in [1.82, 2.24) is 15.3 Å². The van der Waals surface area contributed by atoms with Crippen LogP contribution in [0.1, 0.15) is 19.3 Å². The number of aromatic nitrogens is 2. The van der Waals surface area contributed by atoms with E-state index >= 15 is 0 Å². The second kappa shape index (κ2) is 5.42. The Balaban J connectivity index is 1.92. The summed E-state index contributed by atoms with van der Waals surface area (Å²) in [5.41, 5.74) is 0. The molecule has 1 aliphatic heterocycles. The summed E-state index contributed by atoms with van der Waals surface area (Å²) < 4.78 is 6.58. The normalized spacial score (nSPS) is 22.1. The van der Waals surface area contributed by atoms with Crippen LogP contribution in [0.25, 0.3) is 0 Å². The van der Waals surface area contributed by atoms with Crippen molar-refractivity contribution >= 4 is 15.9 Å². The van der Waals surface area contributed by atoms with Crippen LogP contribution in [-0.2, 0) is 0 Å². The minimum Gasteiger partial charge on any atom is -0.460 e. The van der Waals surface area contributed by atoms with Crippen LogP contribution < -0.4 is 10.1 Å². The van der Waals surface area contributed by atoms with Crippen LogP contribution in [-0.4, -0.2) is 29.2 Å². The molecule has 1 fully saturated rings. The van der Waals surface area contributed by atoms with Crippen LogP contribution in [0.4, 0.5) is 0 Å². The van der Waals surface area contributed by atoms with Gasteiger partial charge in [-0.15, -0.1) is 0 Å². The molecule has 5 heteroatoms. The molecule has 0 bridgehead atoms. The van der Waals surface area contributed by atoms with E-state index in [1.807, 2.05) is 0 Å². The lowest BCUT2D eigenvalue weighted by atomic mass is 10.2. The topological polar surface area (TPSA) is 47.0 Å². The number of hydrogen-bond acceptors (Lipinski definition) is 4. The van der Waals surface area contributed by atoms with Crippen LogP contribution in [0, 0.1) is 0 Å². The minimum absolute atomic E-state index is 0.251. The van der Waals surface area contributed by atoms with E-state index in [1.54, 1.807) is 12.4 Å². The quantitative estimate of drug-likeness (QED) is 0.891. The molecule has 1 N–H and O–H groups in total. The molecule has 0 aromatic carbocycles. The molecule has 0 saturated carbocycles. The number of nitrogens with one attached hydrogen (secondary N) is 1. The zero-order valence-corrected chi connectivity index (χ0v) is 10.0. The Labute approximate surface area is 97.6 Å². The summed E-state index contributed by atoms with van der Waals surface area (Å²) in [7, 11) is 0. The van der Waals surface area contributed by atoms with Crippen LogP contribution >= 0.6 is 15.9 Å². The Hall–Kier alpha value is -0.680. The van der Waals surface area contributed by atoms with Gasteiger partial charge in [-0.3, -0.25) is 0 Å². The molecule has 2 heterocycles. The lowest BCUT2D eigenvalue weighted by Crippen LogP contribution is -2.20. The van der Waals surface area contributed by atoms with Crippen molar-refractivity contribution in [1.29, 1.82) is 0 Å². The Morgan fingerprint density at radius 3 is 2.87 bits per heavy atom. The standard InChI is InChI=1S/C10H14BrN3O/c11-8-6-13-10(14-7-8)15-9-2-1-4-12-5-3-9/h6-7,9,12H,1-5H2. The van der Waals surface area contributed by atoms with E-state index in [9.17, 15) is 0 Å². The second-order valence-corrected chi connectivity index (χ2v) is 4.52. The average molecular weight is 272 g/mol. The molecule has 1 aliphatic rings. The second-order valence-electron chi connectivity index (χ2n) is 3.60. The van der Waals surface area contributed by atoms with Crippen molar-refractivity contribution in [3.05, 3.63) is 16.9 Å². The fraction of sp³-hybridized carbons (Fsp3) is 0.600. The van der Waals surface area contributed by atoms with Crippen LogP contribution in [0.15, 0.2) is 16.9 Å². The van der Waals surface area contributed by atoms with Gasteiger partial charge in [0.25, 0.3) is 0 Å². The molecule has 1 atom stereocenters. The van der Waals surface area contributed by atoms with Gasteiger partial charge >= 0.3 is 6.01 Å². The van der Waals surface area contributed by atoms with Gasteiger partial charge in [0.2, 0.25) is 0 Å². The van der Waals surface area contributed by atoms with Crippen molar-refractivity contribution in [2.45, 2.75) is 25.4 Å². The van der Waals surface area contributed by atoms with Gasteiger partial charge in [-0.05, 0) is 48.3 Å². The first-order valence-electron chi connectivity index (χ1n) is 5.19. The van der Waals surface area contributed by atoms with E-state index < -0.39 is 0 Å². The van der Waals surface area contributed by atoms with E-state index in [2.05, 4.69) is 31.2 Å². The number of rotatable bonds is 2. The Kier molecular flexibility index (Phi) is 3.91. The van der Waals surface area contributed by atoms with E-state index in [0.717, 1.165) is 36.8 Å². The van der Waals surface area contributed by atoms with Crippen molar-refractivity contribution < 1.29 is 4.74 Å². The maximum absolute atomic E-state index is 5.71.